The van der Waals surface area contributed by atoms with Crippen LogP contribution < -0.4 is 0 Å². The van der Waals surface area contributed by atoms with Crippen LogP contribution >= 0.6 is 0 Å². The zero-order valence-electron chi connectivity index (χ0n) is 9.27. The van der Waals surface area contributed by atoms with Gasteiger partial charge in [0.1, 0.15) is 6.10 Å². The number of hydrogen-bond donors (Lipinski definition) is 0. The molecule has 0 aliphatic heterocycles. The Balaban J connectivity index is 3.05. The maximum absolute atomic E-state index is 11.0. The number of benzene rings is 1. The van der Waals surface area contributed by atoms with Crippen molar-refractivity contribution in [1.29, 1.82) is 0 Å². The van der Waals surface area contributed by atoms with Gasteiger partial charge in [0.2, 0.25) is 0 Å². The van der Waals surface area contributed by atoms with Crippen molar-refractivity contribution >= 4 is 5.97 Å². The summed E-state index contributed by atoms with van der Waals surface area (Å²) in [5, 5.41) is 0. The summed E-state index contributed by atoms with van der Waals surface area (Å²) < 4.78 is 5.21. The predicted molar refractivity (Wildman–Crippen MR) is 63.7 cm³/mol. The first-order valence-corrected chi connectivity index (χ1v) is 5.02. The molecule has 2 nitrogen and oxygen atoms in total. The normalized spacial score (nSPS) is 11.2. The van der Waals surface area contributed by atoms with Crippen LogP contribution in [0.2, 0.25) is 0 Å². The molecule has 1 rings (SSSR count). The second kappa shape index (κ2) is 5.77. The van der Waals surface area contributed by atoms with Crippen molar-refractivity contribution in [3.8, 4) is 12.3 Å². The molecule has 0 saturated carbocycles. The average Bonchev–Trinajstić information content (AvgIpc) is 2.28. The second-order valence-corrected chi connectivity index (χ2v) is 3.35. The van der Waals surface area contributed by atoms with Crippen molar-refractivity contribution in [1.82, 2.24) is 0 Å². The van der Waals surface area contributed by atoms with E-state index in [1.807, 2.05) is 24.3 Å². The van der Waals surface area contributed by atoms with Crippen LogP contribution in [0.4, 0.5) is 0 Å². The van der Waals surface area contributed by atoms with E-state index in [1.54, 1.807) is 6.08 Å². The Kier molecular flexibility index (Phi) is 4.35. The molecule has 16 heavy (non-hydrogen) atoms. The fraction of sp³-hybridized carbons (Fsp3) is 0.214. The smallest absolute Gasteiger partial charge is 0.303 e. The maximum atomic E-state index is 11.0. The topological polar surface area (TPSA) is 26.3 Å². The Morgan fingerprint density at radius 1 is 1.62 bits per heavy atom. The number of carbonyl (C=O) groups excluding carboxylic acids is 1. The van der Waals surface area contributed by atoms with Gasteiger partial charge in [0.15, 0.2) is 0 Å². The fourth-order valence-corrected chi connectivity index (χ4v) is 1.50. The van der Waals surface area contributed by atoms with E-state index in [4.69, 9.17) is 11.2 Å². The lowest BCUT2D eigenvalue weighted by Gasteiger charge is -2.17. The maximum Gasteiger partial charge on any atom is 0.303 e. The van der Waals surface area contributed by atoms with Gasteiger partial charge in [-0.05, 0) is 6.07 Å². The number of carbonyl (C=O) groups is 1. The molecule has 0 radical (unpaired) electrons. The van der Waals surface area contributed by atoms with Crippen LogP contribution in [0.3, 0.4) is 0 Å². The molecule has 0 spiro atoms. The summed E-state index contributed by atoms with van der Waals surface area (Å²) in [7, 11) is 0. The predicted octanol–water partition coefficient (Wildman–Crippen LogP) is 2.85. The lowest BCUT2D eigenvalue weighted by atomic mass is 10.0. The molecule has 0 aliphatic carbocycles. The lowest BCUT2D eigenvalue weighted by Crippen LogP contribution is -2.09. The Hall–Kier alpha value is -2.01. The van der Waals surface area contributed by atoms with E-state index < -0.39 is 0 Å². The van der Waals surface area contributed by atoms with E-state index >= 15 is 0 Å². The third-order valence-corrected chi connectivity index (χ3v) is 2.15. The summed E-state index contributed by atoms with van der Waals surface area (Å²) >= 11 is 0. The molecule has 1 aromatic rings. The SMILES string of the molecule is C#Cc1ccccc1C(CC=C)OC(C)=O. The van der Waals surface area contributed by atoms with Gasteiger partial charge in [-0.25, -0.2) is 0 Å². The minimum absolute atomic E-state index is 0.321. The summed E-state index contributed by atoms with van der Waals surface area (Å²) in [5.74, 6) is 2.26. The van der Waals surface area contributed by atoms with Crippen molar-refractivity contribution in [2.45, 2.75) is 19.4 Å². The number of ether oxygens (including phenoxy) is 1. The molecule has 1 atom stereocenters. The van der Waals surface area contributed by atoms with Crippen LogP contribution in [0, 0.1) is 12.3 Å². The van der Waals surface area contributed by atoms with E-state index in [0.29, 0.717) is 6.42 Å². The number of esters is 1. The van der Waals surface area contributed by atoms with Gasteiger partial charge in [0, 0.05) is 24.5 Å². The van der Waals surface area contributed by atoms with Crippen LogP contribution in [-0.2, 0) is 9.53 Å². The van der Waals surface area contributed by atoms with Crippen LogP contribution in [0.25, 0.3) is 0 Å². The van der Waals surface area contributed by atoms with Gasteiger partial charge in [-0.3, -0.25) is 4.79 Å². The molecule has 82 valence electrons. The number of terminal acetylenes is 1. The number of rotatable bonds is 4. The van der Waals surface area contributed by atoms with E-state index in [0.717, 1.165) is 11.1 Å². The number of hydrogen-bond acceptors (Lipinski definition) is 2. The van der Waals surface area contributed by atoms with Crippen LogP contribution in [0.1, 0.15) is 30.6 Å². The molecule has 0 aliphatic rings. The van der Waals surface area contributed by atoms with E-state index in [9.17, 15) is 4.79 Å². The quantitative estimate of drug-likeness (QED) is 0.437. The molecule has 0 heterocycles. The van der Waals surface area contributed by atoms with Gasteiger partial charge in [-0.1, -0.05) is 30.2 Å². The Bertz CT molecular complexity index is 427. The zero-order valence-corrected chi connectivity index (χ0v) is 9.27. The van der Waals surface area contributed by atoms with Crippen molar-refractivity contribution < 1.29 is 9.53 Å². The van der Waals surface area contributed by atoms with E-state index in [-0.39, 0.29) is 12.1 Å². The summed E-state index contributed by atoms with van der Waals surface area (Å²) in [6.07, 6.45) is 7.32. The van der Waals surface area contributed by atoms with Crippen molar-refractivity contribution in [3.63, 3.8) is 0 Å². The summed E-state index contributed by atoms with van der Waals surface area (Å²) in [4.78, 5) is 11.0. The highest BCUT2D eigenvalue weighted by Crippen LogP contribution is 2.24. The molecular formula is C14H14O2. The minimum atomic E-state index is -0.345. The first kappa shape index (κ1) is 12.1. The van der Waals surface area contributed by atoms with Gasteiger partial charge in [-0.2, -0.15) is 0 Å². The Morgan fingerprint density at radius 2 is 2.31 bits per heavy atom. The van der Waals surface area contributed by atoms with E-state index in [2.05, 4.69) is 12.5 Å². The standard InChI is InChI=1S/C14H14O2/c1-4-8-14(16-11(3)15)13-10-7-6-9-12(13)5-2/h2,4,6-7,9-10,14H,1,8H2,3H3. The van der Waals surface area contributed by atoms with Crippen molar-refractivity contribution in [2.24, 2.45) is 0 Å². The monoisotopic (exact) mass is 214 g/mol. The Labute approximate surface area is 95.9 Å². The minimum Gasteiger partial charge on any atom is -0.457 e. The Morgan fingerprint density at radius 3 is 2.88 bits per heavy atom. The highest BCUT2D eigenvalue weighted by Gasteiger charge is 2.15. The molecule has 0 N–H and O–H groups in total. The molecule has 1 unspecified atom stereocenters. The largest absolute Gasteiger partial charge is 0.457 e. The van der Waals surface area contributed by atoms with Crippen molar-refractivity contribution in [2.75, 3.05) is 0 Å². The van der Waals surface area contributed by atoms with Crippen LogP contribution in [-0.4, -0.2) is 5.97 Å². The van der Waals surface area contributed by atoms with Crippen molar-refractivity contribution in [3.05, 3.63) is 48.0 Å². The molecule has 0 bridgehead atoms. The van der Waals surface area contributed by atoms with Gasteiger partial charge in [0.05, 0.1) is 0 Å². The summed E-state index contributed by atoms with van der Waals surface area (Å²) in [6, 6.07) is 7.43. The van der Waals surface area contributed by atoms with Crippen LogP contribution in [0.5, 0.6) is 0 Å². The third-order valence-electron chi connectivity index (χ3n) is 2.15. The average molecular weight is 214 g/mol. The van der Waals surface area contributed by atoms with Gasteiger partial charge >= 0.3 is 5.97 Å². The van der Waals surface area contributed by atoms with Crippen LogP contribution in [0.15, 0.2) is 36.9 Å². The molecule has 0 saturated heterocycles. The molecular weight excluding hydrogens is 200 g/mol. The molecule has 2 heteroatoms. The third kappa shape index (κ3) is 2.99. The van der Waals surface area contributed by atoms with Gasteiger partial charge in [-0.15, -0.1) is 13.0 Å². The summed E-state index contributed by atoms with van der Waals surface area (Å²) in [5.41, 5.74) is 1.59. The second-order valence-electron chi connectivity index (χ2n) is 3.35. The fourth-order valence-electron chi connectivity index (χ4n) is 1.50. The van der Waals surface area contributed by atoms with Gasteiger partial charge in [0.25, 0.3) is 0 Å². The lowest BCUT2D eigenvalue weighted by molar-refractivity contribution is -0.146. The molecule has 0 aromatic heterocycles. The zero-order chi connectivity index (χ0) is 12.0. The van der Waals surface area contributed by atoms with E-state index in [1.165, 1.54) is 6.92 Å². The summed E-state index contributed by atoms with van der Waals surface area (Å²) in [6.45, 7) is 5.03. The highest BCUT2D eigenvalue weighted by atomic mass is 16.5. The molecule has 1 aromatic carbocycles. The first-order chi connectivity index (χ1) is 7.69. The highest BCUT2D eigenvalue weighted by molar-refractivity contribution is 5.66. The molecule has 0 fully saturated rings. The molecule has 0 amide bonds. The first-order valence-electron chi connectivity index (χ1n) is 5.02. The van der Waals surface area contributed by atoms with Gasteiger partial charge < -0.3 is 4.74 Å².